The Bertz CT molecular complexity index is 1490. The SMILES string of the molecule is Cc1cc(C)c(Nc2ccc(Nc3c(C)cc(C)cc3C)c3c2C(=O)c2ccccc2C3O)c(C)c1. The first kappa shape index (κ1) is 23.8. The van der Waals surface area contributed by atoms with Crippen molar-refractivity contribution in [1.82, 2.24) is 0 Å². The summed E-state index contributed by atoms with van der Waals surface area (Å²) in [6, 6.07) is 19.8. The number of aliphatic hydroxyl groups excluding tert-OH is 1. The van der Waals surface area contributed by atoms with Gasteiger partial charge in [0.1, 0.15) is 6.10 Å². The van der Waals surface area contributed by atoms with Crippen LogP contribution in [0.2, 0.25) is 0 Å². The van der Waals surface area contributed by atoms with Crippen LogP contribution in [0.1, 0.15) is 66.5 Å². The van der Waals surface area contributed by atoms with E-state index in [2.05, 4.69) is 76.4 Å². The highest BCUT2D eigenvalue weighted by Crippen LogP contribution is 2.44. The molecule has 0 saturated carbocycles. The smallest absolute Gasteiger partial charge is 0.195 e. The van der Waals surface area contributed by atoms with Crippen molar-refractivity contribution in [2.24, 2.45) is 0 Å². The fourth-order valence-corrected chi connectivity index (χ4v) is 5.62. The van der Waals surface area contributed by atoms with E-state index < -0.39 is 6.10 Å². The van der Waals surface area contributed by atoms with Crippen LogP contribution in [-0.2, 0) is 0 Å². The van der Waals surface area contributed by atoms with Crippen molar-refractivity contribution in [3.05, 3.63) is 116 Å². The molecule has 182 valence electrons. The Hall–Kier alpha value is -3.89. The molecule has 0 bridgehead atoms. The number of hydrogen-bond acceptors (Lipinski definition) is 4. The van der Waals surface area contributed by atoms with E-state index in [0.29, 0.717) is 27.9 Å². The number of aryl methyl sites for hydroxylation is 6. The van der Waals surface area contributed by atoms with Crippen LogP contribution in [0.25, 0.3) is 0 Å². The molecule has 1 aliphatic rings. The topological polar surface area (TPSA) is 61.4 Å². The van der Waals surface area contributed by atoms with E-state index in [9.17, 15) is 9.90 Å². The largest absolute Gasteiger partial charge is 0.384 e. The quantitative estimate of drug-likeness (QED) is 0.283. The molecule has 4 heteroatoms. The third kappa shape index (κ3) is 3.98. The summed E-state index contributed by atoms with van der Waals surface area (Å²) < 4.78 is 0. The highest BCUT2D eigenvalue weighted by molar-refractivity contribution is 6.17. The first-order chi connectivity index (χ1) is 17.2. The Balaban J connectivity index is 1.70. The molecule has 3 N–H and O–H groups in total. The third-order valence-electron chi connectivity index (χ3n) is 7.12. The van der Waals surface area contributed by atoms with Crippen LogP contribution in [0.5, 0.6) is 0 Å². The summed E-state index contributed by atoms with van der Waals surface area (Å²) >= 11 is 0. The highest BCUT2D eigenvalue weighted by Gasteiger charge is 2.34. The van der Waals surface area contributed by atoms with Gasteiger partial charge in [0.2, 0.25) is 0 Å². The molecule has 0 aliphatic heterocycles. The van der Waals surface area contributed by atoms with Gasteiger partial charge in [0, 0.05) is 28.2 Å². The predicted octanol–water partition coefficient (Wildman–Crippen LogP) is 7.65. The zero-order valence-electron chi connectivity index (χ0n) is 21.7. The van der Waals surface area contributed by atoms with Crippen LogP contribution in [0.3, 0.4) is 0 Å². The lowest BCUT2D eigenvalue weighted by Crippen LogP contribution is -2.22. The molecule has 0 amide bonds. The third-order valence-corrected chi connectivity index (χ3v) is 7.12. The second-order valence-electron chi connectivity index (χ2n) is 10.1. The van der Waals surface area contributed by atoms with Gasteiger partial charge in [0.15, 0.2) is 5.78 Å². The summed E-state index contributed by atoms with van der Waals surface area (Å²) in [5.74, 6) is -0.0863. The van der Waals surface area contributed by atoms with Crippen molar-refractivity contribution in [1.29, 1.82) is 0 Å². The van der Waals surface area contributed by atoms with E-state index in [1.807, 2.05) is 30.3 Å². The number of ketones is 1. The monoisotopic (exact) mass is 476 g/mol. The molecule has 0 spiro atoms. The molecule has 1 atom stereocenters. The van der Waals surface area contributed by atoms with E-state index in [-0.39, 0.29) is 5.78 Å². The molecule has 1 aliphatic carbocycles. The van der Waals surface area contributed by atoms with Crippen molar-refractivity contribution in [3.63, 3.8) is 0 Å². The van der Waals surface area contributed by atoms with Gasteiger partial charge in [-0.1, -0.05) is 59.7 Å². The molecule has 1 unspecified atom stereocenters. The van der Waals surface area contributed by atoms with E-state index in [4.69, 9.17) is 0 Å². The van der Waals surface area contributed by atoms with Gasteiger partial charge in [0.05, 0.1) is 11.3 Å². The molecule has 4 aromatic carbocycles. The minimum absolute atomic E-state index is 0.0863. The Kier molecular flexibility index (Phi) is 5.93. The Labute approximate surface area is 213 Å². The molecule has 4 nitrogen and oxygen atoms in total. The van der Waals surface area contributed by atoms with Crippen LogP contribution in [0.15, 0.2) is 60.7 Å². The number of aliphatic hydroxyl groups is 1. The van der Waals surface area contributed by atoms with E-state index in [1.165, 1.54) is 11.1 Å². The molecule has 0 fully saturated rings. The lowest BCUT2D eigenvalue weighted by atomic mass is 9.81. The highest BCUT2D eigenvalue weighted by atomic mass is 16.3. The zero-order valence-corrected chi connectivity index (χ0v) is 21.7. The molecule has 4 aromatic rings. The van der Waals surface area contributed by atoms with E-state index in [0.717, 1.165) is 39.3 Å². The maximum atomic E-state index is 13.9. The van der Waals surface area contributed by atoms with E-state index >= 15 is 0 Å². The minimum Gasteiger partial charge on any atom is -0.384 e. The van der Waals surface area contributed by atoms with Crippen molar-refractivity contribution >= 4 is 28.5 Å². The fourth-order valence-electron chi connectivity index (χ4n) is 5.62. The van der Waals surface area contributed by atoms with Gasteiger partial charge in [-0.05, 0) is 81.5 Å². The van der Waals surface area contributed by atoms with Crippen LogP contribution >= 0.6 is 0 Å². The Morgan fingerprint density at radius 3 is 1.69 bits per heavy atom. The Morgan fingerprint density at radius 1 is 0.667 bits per heavy atom. The molecule has 0 aromatic heterocycles. The van der Waals surface area contributed by atoms with Gasteiger partial charge >= 0.3 is 0 Å². The minimum atomic E-state index is -0.926. The summed E-state index contributed by atoms with van der Waals surface area (Å²) in [6.07, 6.45) is -0.926. The number of fused-ring (bicyclic) bond motifs is 2. The fraction of sp³-hybridized carbons (Fsp3) is 0.219. The van der Waals surface area contributed by atoms with Crippen LogP contribution in [0.4, 0.5) is 22.7 Å². The average molecular weight is 477 g/mol. The average Bonchev–Trinajstić information content (AvgIpc) is 2.82. The van der Waals surface area contributed by atoms with Gasteiger partial charge in [-0.15, -0.1) is 0 Å². The zero-order chi connectivity index (χ0) is 25.7. The summed E-state index contributed by atoms with van der Waals surface area (Å²) in [7, 11) is 0. The van der Waals surface area contributed by atoms with Gasteiger partial charge < -0.3 is 15.7 Å². The second kappa shape index (κ2) is 8.96. The maximum absolute atomic E-state index is 13.9. The van der Waals surface area contributed by atoms with Crippen molar-refractivity contribution in [2.45, 2.75) is 47.6 Å². The van der Waals surface area contributed by atoms with Crippen molar-refractivity contribution in [3.8, 4) is 0 Å². The second-order valence-corrected chi connectivity index (χ2v) is 10.1. The van der Waals surface area contributed by atoms with Crippen LogP contribution in [-0.4, -0.2) is 10.9 Å². The molecular formula is C32H32N2O2. The predicted molar refractivity (Wildman–Crippen MR) is 148 cm³/mol. The van der Waals surface area contributed by atoms with Gasteiger partial charge in [-0.3, -0.25) is 4.79 Å². The van der Waals surface area contributed by atoms with Gasteiger partial charge in [-0.2, -0.15) is 0 Å². The molecular weight excluding hydrogens is 444 g/mol. The van der Waals surface area contributed by atoms with Crippen molar-refractivity contribution < 1.29 is 9.90 Å². The number of anilines is 4. The van der Waals surface area contributed by atoms with Gasteiger partial charge in [0.25, 0.3) is 0 Å². The van der Waals surface area contributed by atoms with E-state index in [1.54, 1.807) is 6.07 Å². The van der Waals surface area contributed by atoms with Crippen molar-refractivity contribution in [2.75, 3.05) is 10.6 Å². The summed E-state index contributed by atoms with van der Waals surface area (Å²) in [5, 5.41) is 18.7. The first-order valence-corrected chi connectivity index (χ1v) is 12.3. The maximum Gasteiger partial charge on any atom is 0.195 e. The first-order valence-electron chi connectivity index (χ1n) is 12.3. The van der Waals surface area contributed by atoms with Gasteiger partial charge in [-0.25, -0.2) is 0 Å². The number of carbonyl (C=O) groups is 1. The normalized spacial score (nSPS) is 14.3. The lowest BCUT2D eigenvalue weighted by molar-refractivity contribution is 0.102. The molecule has 0 radical (unpaired) electrons. The molecule has 0 saturated heterocycles. The Morgan fingerprint density at radius 2 is 1.14 bits per heavy atom. The number of hydrogen-bond donors (Lipinski definition) is 3. The lowest BCUT2D eigenvalue weighted by Gasteiger charge is -2.29. The number of carbonyl (C=O) groups excluding carboxylic acids is 1. The number of benzene rings is 4. The van der Waals surface area contributed by atoms with Crippen LogP contribution < -0.4 is 10.6 Å². The number of rotatable bonds is 4. The summed E-state index contributed by atoms with van der Waals surface area (Å²) in [4.78, 5) is 13.9. The summed E-state index contributed by atoms with van der Waals surface area (Å²) in [6.45, 7) is 12.5. The standard InChI is InChI=1S/C32H32N2O2/c1-17-13-19(3)29(20(4)14-17)33-25-11-12-26(34-30-21(5)15-18(2)16-22(30)6)28-27(25)31(35)23-9-7-8-10-24(23)32(28)36/h7-16,31,33-35H,1-6H3. The molecule has 0 heterocycles. The molecule has 36 heavy (non-hydrogen) atoms. The summed E-state index contributed by atoms with van der Waals surface area (Å²) in [5.41, 5.74) is 12.5. The number of nitrogens with one attached hydrogen (secondary N) is 2. The molecule has 5 rings (SSSR count). The van der Waals surface area contributed by atoms with Crippen LogP contribution in [0, 0.1) is 41.5 Å².